The molecule has 0 aromatic heterocycles. The van der Waals surface area contributed by atoms with Crippen molar-refractivity contribution in [3.05, 3.63) is 28.2 Å². The van der Waals surface area contributed by atoms with Crippen molar-refractivity contribution in [2.75, 3.05) is 6.54 Å². The molecule has 0 amide bonds. The van der Waals surface area contributed by atoms with Crippen LogP contribution in [0, 0.1) is 11.3 Å². The summed E-state index contributed by atoms with van der Waals surface area (Å²) in [6, 6.07) is 3.82. The third-order valence-electron chi connectivity index (χ3n) is 1.85. The fourth-order valence-corrected chi connectivity index (χ4v) is 2.72. The summed E-state index contributed by atoms with van der Waals surface area (Å²) in [5, 5.41) is 8.25. The molecule has 0 aliphatic rings. The monoisotopic (exact) mass is 342 g/mol. The lowest BCUT2D eigenvalue weighted by molar-refractivity contribution is -0.137. The number of alkyl halides is 3. The summed E-state index contributed by atoms with van der Waals surface area (Å²) in [4.78, 5) is -0.556. The second kappa shape index (κ2) is 5.26. The summed E-state index contributed by atoms with van der Waals surface area (Å²) < 4.78 is 62.5. The van der Waals surface area contributed by atoms with E-state index in [0.717, 1.165) is 12.1 Å². The standard InChI is InChI=1S/C9H6BrF3N2O2S/c10-7-3-6(9(11,12)13)4-8(5-7)18(16,17)15-2-1-14/h3-5,15H,2H2. The average molecular weight is 343 g/mol. The van der Waals surface area contributed by atoms with Crippen molar-refractivity contribution in [1.29, 1.82) is 5.26 Å². The van der Waals surface area contributed by atoms with Gasteiger partial charge < -0.3 is 0 Å². The Balaban J connectivity index is 3.27. The van der Waals surface area contributed by atoms with Crippen molar-refractivity contribution in [2.45, 2.75) is 11.1 Å². The Morgan fingerprint density at radius 2 is 1.94 bits per heavy atom. The van der Waals surface area contributed by atoms with Crippen LogP contribution in [0.4, 0.5) is 13.2 Å². The van der Waals surface area contributed by atoms with Crippen LogP contribution in [0.3, 0.4) is 0 Å². The molecule has 98 valence electrons. The van der Waals surface area contributed by atoms with Gasteiger partial charge in [0.05, 0.1) is 23.1 Å². The molecule has 0 atom stereocenters. The van der Waals surface area contributed by atoms with Crippen molar-refractivity contribution in [3.8, 4) is 6.07 Å². The summed E-state index contributed by atoms with van der Waals surface area (Å²) in [5.74, 6) is 0. The molecule has 0 radical (unpaired) electrons. The van der Waals surface area contributed by atoms with Gasteiger partial charge in [-0.05, 0) is 18.2 Å². The van der Waals surface area contributed by atoms with Crippen LogP contribution in [-0.4, -0.2) is 15.0 Å². The van der Waals surface area contributed by atoms with Crippen molar-refractivity contribution < 1.29 is 21.6 Å². The van der Waals surface area contributed by atoms with Gasteiger partial charge in [0, 0.05) is 4.47 Å². The number of hydrogen-bond acceptors (Lipinski definition) is 3. The number of halogens is 4. The topological polar surface area (TPSA) is 70.0 Å². The summed E-state index contributed by atoms with van der Waals surface area (Å²) >= 11 is 2.81. The maximum absolute atomic E-state index is 12.5. The van der Waals surface area contributed by atoms with E-state index in [9.17, 15) is 21.6 Å². The zero-order valence-electron chi connectivity index (χ0n) is 8.62. The molecular weight excluding hydrogens is 337 g/mol. The smallest absolute Gasteiger partial charge is 0.207 e. The highest BCUT2D eigenvalue weighted by molar-refractivity contribution is 9.10. The molecular formula is C9H6BrF3N2O2S. The minimum Gasteiger partial charge on any atom is -0.207 e. The van der Waals surface area contributed by atoms with Crippen molar-refractivity contribution in [2.24, 2.45) is 0 Å². The summed E-state index contributed by atoms with van der Waals surface area (Å²) in [7, 11) is -4.13. The molecule has 0 unspecified atom stereocenters. The third-order valence-corrected chi connectivity index (χ3v) is 3.69. The van der Waals surface area contributed by atoms with Gasteiger partial charge in [0.15, 0.2) is 0 Å². The lowest BCUT2D eigenvalue weighted by Crippen LogP contribution is -2.24. The van der Waals surface area contributed by atoms with Crippen molar-refractivity contribution in [3.63, 3.8) is 0 Å². The van der Waals surface area contributed by atoms with E-state index in [1.807, 2.05) is 4.72 Å². The van der Waals surface area contributed by atoms with Gasteiger partial charge in [-0.25, -0.2) is 8.42 Å². The molecule has 18 heavy (non-hydrogen) atoms. The van der Waals surface area contributed by atoms with Gasteiger partial charge >= 0.3 is 6.18 Å². The van der Waals surface area contributed by atoms with E-state index in [-0.39, 0.29) is 4.47 Å². The van der Waals surface area contributed by atoms with Crippen LogP contribution in [0.1, 0.15) is 5.56 Å². The average Bonchev–Trinajstić information content (AvgIpc) is 2.24. The number of hydrogen-bond donors (Lipinski definition) is 1. The molecule has 1 rings (SSSR count). The number of rotatable bonds is 3. The Bertz CT molecular complexity index is 593. The molecule has 0 saturated heterocycles. The van der Waals surface area contributed by atoms with Crippen molar-refractivity contribution >= 4 is 26.0 Å². The third kappa shape index (κ3) is 3.69. The molecule has 0 saturated carbocycles. The number of sulfonamides is 1. The molecule has 1 aromatic carbocycles. The highest BCUT2D eigenvalue weighted by atomic mass is 79.9. The van der Waals surface area contributed by atoms with Crippen LogP contribution in [0.25, 0.3) is 0 Å². The van der Waals surface area contributed by atoms with E-state index in [1.165, 1.54) is 6.07 Å². The number of benzene rings is 1. The van der Waals surface area contributed by atoms with Crippen LogP contribution < -0.4 is 4.72 Å². The predicted octanol–water partition coefficient (Wildman–Crippen LogP) is 2.27. The van der Waals surface area contributed by atoms with E-state index in [4.69, 9.17) is 5.26 Å². The quantitative estimate of drug-likeness (QED) is 0.856. The number of nitriles is 1. The molecule has 0 aliphatic heterocycles. The molecule has 9 heteroatoms. The fraction of sp³-hybridized carbons (Fsp3) is 0.222. The maximum Gasteiger partial charge on any atom is 0.416 e. The Morgan fingerprint density at radius 3 is 2.44 bits per heavy atom. The van der Waals surface area contributed by atoms with Gasteiger partial charge in [-0.2, -0.15) is 23.2 Å². The van der Waals surface area contributed by atoms with Gasteiger partial charge in [-0.15, -0.1) is 0 Å². The second-order valence-corrected chi connectivity index (χ2v) is 5.84. The van der Waals surface area contributed by atoms with Crippen LogP contribution in [0.15, 0.2) is 27.6 Å². The Hall–Kier alpha value is -1.11. The SMILES string of the molecule is N#CCNS(=O)(=O)c1cc(Br)cc(C(F)(F)F)c1. The first-order valence-electron chi connectivity index (χ1n) is 4.41. The molecule has 0 heterocycles. The van der Waals surface area contributed by atoms with Gasteiger partial charge in [-0.1, -0.05) is 15.9 Å². The summed E-state index contributed by atoms with van der Waals surface area (Å²) in [5.41, 5.74) is -1.09. The van der Waals surface area contributed by atoms with E-state index >= 15 is 0 Å². The molecule has 0 fully saturated rings. The Morgan fingerprint density at radius 1 is 1.33 bits per heavy atom. The van der Waals surface area contributed by atoms with Gasteiger partial charge in [0.2, 0.25) is 10.0 Å². The molecule has 4 nitrogen and oxygen atoms in total. The normalized spacial score (nSPS) is 12.2. The lowest BCUT2D eigenvalue weighted by Gasteiger charge is -2.10. The molecule has 0 spiro atoms. The fourth-order valence-electron chi connectivity index (χ4n) is 1.09. The van der Waals surface area contributed by atoms with Crippen LogP contribution in [0.2, 0.25) is 0 Å². The van der Waals surface area contributed by atoms with E-state index in [0.29, 0.717) is 6.07 Å². The highest BCUT2D eigenvalue weighted by Crippen LogP contribution is 2.32. The predicted molar refractivity (Wildman–Crippen MR) is 59.9 cm³/mol. The van der Waals surface area contributed by atoms with Gasteiger partial charge in [0.1, 0.15) is 0 Å². The minimum atomic E-state index is -4.65. The van der Waals surface area contributed by atoms with Crippen LogP contribution in [0.5, 0.6) is 0 Å². The van der Waals surface area contributed by atoms with E-state index in [2.05, 4.69) is 15.9 Å². The molecule has 1 aromatic rings. The molecule has 1 N–H and O–H groups in total. The van der Waals surface area contributed by atoms with Crippen LogP contribution >= 0.6 is 15.9 Å². The molecule has 0 aliphatic carbocycles. The Kier molecular flexibility index (Phi) is 4.37. The summed E-state index contributed by atoms with van der Waals surface area (Å²) in [6.45, 7) is -0.518. The van der Waals surface area contributed by atoms with Gasteiger partial charge in [0.25, 0.3) is 0 Å². The van der Waals surface area contributed by atoms with E-state index in [1.54, 1.807) is 0 Å². The zero-order chi connectivity index (χ0) is 14.0. The highest BCUT2D eigenvalue weighted by Gasteiger charge is 2.32. The largest absolute Gasteiger partial charge is 0.416 e. The first-order chi connectivity index (χ1) is 8.16. The summed E-state index contributed by atoms with van der Waals surface area (Å²) in [6.07, 6.45) is -4.65. The zero-order valence-corrected chi connectivity index (χ0v) is 11.0. The Labute approximate surface area is 110 Å². The first kappa shape index (κ1) is 14.9. The second-order valence-electron chi connectivity index (χ2n) is 3.16. The minimum absolute atomic E-state index is 0.0188. The van der Waals surface area contributed by atoms with Crippen molar-refractivity contribution in [1.82, 2.24) is 4.72 Å². The maximum atomic E-state index is 12.5. The number of nitrogens with zero attached hydrogens (tertiary/aromatic N) is 1. The molecule has 0 bridgehead atoms. The lowest BCUT2D eigenvalue weighted by atomic mass is 10.2. The first-order valence-corrected chi connectivity index (χ1v) is 6.69. The van der Waals surface area contributed by atoms with Crippen LogP contribution in [-0.2, 0) is 16.2 Å². The number of nitrogens with one attached hydrogen (secondary N) is 1. The van der Waals surface area contributed by atoms with E-state index < -0.39 is 33.2 Å². The van der Waals surface area contributed by atoms with Gasteiger partial charge in [-0.3, -0.25) is 0 Å².